The average Bonchev–Trinajstić information content (AvgIpc) is 3.04. The molecule has 1 aliphatic rings. The van der Waals surface area contributed by atoms with Crippen LogP contribution in [0, 0.1) is 5.92 Å². The largest absolute Gasteiger partial charge is 0.326 e. The van der Waals surface area contributed by atoms with E-state index >= 15 is 0 Å². The molecule has 22 heavy (non-hydrogen) atoms. The highest BCUT2D eigenvalue weighted by Gasteiger charge is 2.27. The number of amides is 1. The zero-order valence-electron chi connectivity index (χ0n) is 13.2. The van der Waals surface area contributed by atoms with Crippen LogP contribution in [0.25, 0.3) is 0 Å². The van der Waals surface area contributed by atoms with E-state index in [4.69, 9.17) is 0 Å². The molecule has 0 atom stereocenters. The topological polar surface area (TPSA) is 66.5 Å². The second-order valence-corrected chi connectivity index (χ2v) is 7.58. The van der Waals surface area contributed by atoms with E-state index in [9.17, 15) is 13.2 Å². The fraction of sp³-hybridized carbons (Fsp3) is 0.562. The van der Waals surface area contributed by atoms with E-state index in [0.717, 1.165) is 25.7 Å². The molecule has 1 heterocycles. The predicted octanol–water partition coefficient (Wildman–Crippen LogP) is 2.85. The summed E-state index contributed by atoms with van der Waals surface area (Å²) in [6.07, 6.45) is 3.43. The summed E-state index contributed by atoms with van der Waals surface area (Å²) < 4.78 is 26.3. The monoisotopic (exact) mass is 324 g/mol. The maximum absolute atomic E-state index is 12.4. The van der Waals surface area contributed by atoms with E-state index in [1.54, 1.807) is 24.3 Å². The molecule has 0 aliphatic carbocycles. The van der Waals surface area contributed by atoms with Crippen molar-refractivity contribution in [1.82, 2.24) is 4.31 Å². The van der Waals surface area contributed by atoms with E-state index in [0.29, 0.717) is 18.8 Å². The van der Waals surface area contributed by atoms with Crippen molar-refractivity contribution in [2.45, 2.75) is 44.4 Å². The van der Waals surface area contributed by atoms with Gasteiger partial charge in [0.15, 0.2) is 0 Å². The van der Waals surface area contributed by atoms with Crippen molar-refractivity contribution in [2.75, 3.05) is 18.4 Å². The Hall–Kier alpha value is -1.40. The third kappa shape index (κ3) is 3.67. The smallest absolute Gasteiger partial charge is 0.243 e. The first-order valence-electron chi connectivity index (χ1n) is 7.90. The molecule has 0 saturated carbocycles. The molecule has 0 bridgehead atoms. The van der Waals surface area contributed by atoms with Gasteiger partial charge in [-0.15, -0.1) is 0 Å². The Kier molecular flexibility index (Phi) is 5.58. The summed E-state index contributed by atoms with van der Waals surface area (Å²) in [5, 5.41) is 2.84. The van der Waals surface area contributed by atoms with Crippen LogP contribution in [0.1, 0.15) is 39.5 Å². The third-order valence-corrected chi connectivity index (χ3v) is 6.09. The van der Waals surface area contributed by atoms with Gasteiger partial charge in [0.1, 0.15) is 0 Å². The fourth-order valence-electron chi connectivity index (χ4n) is 2.69. The van der Waals surface area contributed by atoms with Gasteiger partial charge in [-0.2, -0.15) is 4.31 Å². The number of anilines is 1. The lowest BCUT2D eigenvalue weighted by molar-refractivity contribution is -0.120. The van der Waals surface area contributed by atoms with Gasteiger partial charge in [0, 0.05) is 24.7 Å². The number of carbonyl (C=O) groups is 1. The van der Waals surface area contributed by atoms with Gasteiger partial charge >= 0.3 is 0 Å². The number of hydrogen-bond acceptors (Lipinski definition) is 3. The summed E-state index contributed by atoms with van der Waals surface area (Å²) >= 11 is 0. The highest BCUT2D eigenvalue weighted by atomic mass is 32.2. The molecule has 122 valence electrons. The molecule has 1 aromatic carbocycles. The number of carbonyl (C=O) groups excluding carboxylic acids is 1. The van der Waals surface area contributed by atoms with Crippen LogP contribution >= 0.6 is 0 Å². The van der Waals surface area contributed by atoms with Crippen LogP contribution in [0.4, 0.5) is 5.69 Å². The van der Waals surface area contributed by atoms with Crippen LogP contribution in [0.3, 0.4) is 0 Å². The van der Waals surface area contributed by atoms with Gasteiger partial charge in [-0.1, -0.05) is 13.8 Å². The summed E-state index contributed by atoms with van der Waals surface area (Å²) in [5.41, 5.74) is 0.636. The summed E-state index contributed by atoms with van der Waals surface area (Å²) in [6, 6.07) is 6.44. The molecule has 1 fully saturated rings. The highest BCUT2D eigenvalue weighted by Crippen LogP contribution is 2.22. The average molecular weight is 324 g/mol. The van der Waals surface area contributed by atoms with Crippen LogP contribution in [-0.2, 0) is 14.8 Å². The number of hydrogen-bond donors (Lipinski definition) is 1. The number of benzene rings is 1. The van der Waals surface area contributed by atoms with E-state index in [2.05, 4.69) is 5.32 Å². The Labute approximate surface area is 132 Å². The molecule has 1 aromatic rings. The van der Waals surface area contributed by atoms with Gasteiger partial charge < -0.3 is 5.32 Å². The maximum Gasteiger partial charge on any atom is 0.243 e. The Morgan fingerprint density at radius 3 is 2.18 bits per heavy atom. The molecular weight excluding hydrogens is 300 g/mol. The Bertz CT molecular complexity index is 601. The number of sulfonamides is 1. The quantitative estimate of drug-likeness (QED) is 0.875. The normalized spacial score (nSPS) is 16.1. The van der Waals surface area contributed by atoms with Crippen LogP contribution in [0.2, 0.25) is 0 Å². The molecule has 1 saturated heterocycles. The molecule has 0 aromatic heterocycles. The highest BCUT2D eigenvalue weighted by molar-refractivity contribution is 7.89. The lowest BCUT2D eigenvalue weighted by Crippen LogP contribution is -2.27. The maximum atomic E-state index is 12.4. The van der Waals surface area contributed by atoms with E-state index in [1.165, 1.54) is 4.31 Å². The number of nitrogens with one attached hydrogen (secondary N) is 1. The van der Waals surface area contributed by atoms with E-state index < -0.39 is 10.0 Å². The number of nitrogens with zero attached hydrogens (tertiary/aromatic N) is 1. The molecule has 6 heteroatoms. The first kappa shape index (κ1) is 17.0. The summed E-state index contributed by atoms with van der Waals surface area (Å²) in [6.45, 7) is 5.16. The Morgan fingerprint density at radius 2 is 1.68 bits per heavy atom. The first-order valence-corrected chi connectivity index (χ1v) is 9.34. The molecule has 0 spiro atoms. The van der Waals surface area contributed by atoms with Crippen molar-refractivity contribution >= 4 is 21.6 Å². The standard InChI is InChI=1S/C16H24N2O3S/c1-3-13(4-2)16(19)17-14-7-9-15(10-8-14)22(20,21)18-11-5-6-12-18/h7-10,13H,3-6,11-12H2,1-2H3,(H,17,19). The van der Waals surface area contributed by atoms with Gasteiger partial charge in [0.05, 0.1) is 4.90 Å². The van der Waals surface area contributed by atoms with Crippen molar-refractivity contribution in [3.63, 3.8) is 0 Å². The van der Waals surface area contributed by atoms with Crippen molar-refractivity contribution in [2.24, 2.45) is 5.92 Å². The van der Waals surface area contributed by atoms with Crippen molar-refractivity contribution in [3.8, 4) is 0 Å². The Balaban J connectivity index is 2.08. The van der Waals surface area contributed by atoms with Gasteiger partial charge in [0.2, 0.25) is 15.9 Å². The van der Waals surface area contributed by atoms with E-state index in [-0.39, 0.29) is 16.7 Å². The lowest BCUT2D eigenvalue weighted by Gasteiger charge is -2.16. The van der Waals surface area contributed by atoms with Gasteiger partial charge in [-0.05, 0) is 49.9 Å². The predicted molar refractivity (Wildman–Crippen MR) is 87.1 cm³/mol. The second kappa shape index (κ2) is 7.24. The van der Waals surface area contributed by atoms with Crippen molar-refractivity contribution in [3.05, 3.63) is 24.3 Å². The van der Waals surface area contributed by atoms with Crippen LogP contribution < -0.4 is 5.32 Å². The minimum absolute atomic E-state index is 0.00647. The zero-order chi connectivity index (χ0) is 16.2. The SMILES string of the molecule is CCC(CC)C(=O)Nc1ccc(S(=O)(=O)N2CCCC2)cc1. The van der Waals surface area contributed by atoms with Gasteiger partial charge in [0.25, 0.3) is 0 Å². The molecule has 0 unspecified atom stereocenters. The minimum Gasteiger partial charge on any atom is -0.326 e. The fourth-order valence-corrected chi connectivity index (χ4v) is 4.21. The number of rotatable bonds is 6. The van der Waals surface area contributed by atoms with Crippen LogP contribution in [0.5, 0.6) is 0 Å². The molecule has 1 amide bonds. The van der Waals surface area contributed by atoms with Crippen LogP contribution in [-0.4, -0.2) is 31.7 Å². The minimum atomic E-state index is -3.39. The first-order chi connectivity index (χ1) is 10.5. The van der Waals surface area contributed by atoms with Crippen molar-refractivity contribution < 1.29 is 13.2 Å². The van der Waals surface area contributed by atoms with Gasteiger partial charge in [-0.3, -0.25) is 4.79 Å². The molecule has 2 rings (SSSR count). The lowest BCUT2D eigenvalue weighted by atomic mass is 10.0. The third-order valence-electron chi connectivity index (χ3n) is 4.18. The van der Waals surface area contributed by atoms with Gasteiger partial charge in [-0.25, -0.2) is 8.42 Å². The van der Waals surface area contributed by atoms with E-state index in [1.807, 2.05) is 13.8 Å². The molecular formula is C16H24N2O3S. The Morgan fingerprint density at radius 1 is 1.14 bits per heavy atom. The molecule has 5 nitrogen and oxygen atoms in total. The summed E-state index contributed by atoms with van der Waals surface area (Å²) in [5.74, 6) is -0.0202. The summed E-state index contributed by atoms with van der Waals surface area (Å²) in [4.78, 5) is 12.3. The zero-order valence-corrected chi connectivity index (χ0v) is 14.0. The molecule has 1 N–H and O–H groups in total. The summed E-state index contributed by atoms with van der Waals surface area (Å²) in [7, 11) is -3.39. The van der Waals surface area contributed by atoms with Crippen molar-refractivity contribution in [1.29, 1.82) is 0 Å². The second-order valence-electron chi connectivity index (χ2n) is 5.64. The van der Waals surface area contributed by atoms with Crippen LogP contribution in [0.15, 0.2) is 29.2 Å². The molecule has 0 radical (unpaired) electrons. The molecule has 1 aliphatic heterocycles.